The number of hydrogen-bond acceptors (Lipinski definition) is 5. The highest BCUT2D eigenvalue weighted by Gasteiger charge is 2.20. The van der Waals surface area contributed by atoms with Crippen LogP contribution in [0.25, 0.3) is 10.9 Å². The van der Waals surface area contributed by atoms with Gasteiger partial charge in [-0.3, -0.25) is 5.41 Å². The fourth-order valence-electron chi connectivity index (χ4n) is 3.84. The van der Waals surface area contributed by atoms with Gasteiger partial charge in [-0.05, 0) is 42.0 Å². The van der Waals surface area contributed by atoms with Crippen LogP contribution >= 0.6 is 0 Å². The lowest BCUT2D eigenvalue weighted by molar-refractivity contribution is 0.671. The normalized spacial score (nSPS) is 12.1. The maximum absolute atomic E-state index is 8.86. The van der Waals surface area contributed by atoms with Gasteiger partial charge in [0.1, 0.15) is 18.0 Å². The SMILES string of the molecule is CCCC(Nc1ncnc(N)c1C(=N)c1ccc2cc[nH]c2c1)c1ccccc1C. The van der Waals surface area contributed by atoms with Crippen LogP contribution in [0.15, 0.2) is 61.1 Å². The first kappa shape index (κ1) is 19.6. The Labute approximate surface area is 176 Å². The zero-order valence-electron chi connectivity index (χ0n) is 17.2. The van der Waals surface area contributed by atoms with E-state index < -0.39 is 0 Å². The van der Waals surface area contributed by atoms with E-state index in [0.29, 0.717) is 22.9 Å². The van der Waals surface area contributed by atoms with E-state index in [1.54, 1.807) is 0 Å². The summed E-state index contributed by atoms with van der Waals surface area (Å²) in [7, 11) is 0. The van der Waals surface area contributed by atoms with Crippen LogP contribution in [0.5, 0.6) is 0 Å². The quantitative estimate of drug-likeness (QED) is 0.320. The summed E-state index contributed by atoms with van der Waals surface area (Å²) in [6.07, 6.45) is 5.30. The molecule has 6 heteroatoms. The molecule has 30 heavy (non-hydrogen) atoms. The average Bonchev–Trinajstić information content (AvgIpc) is 3.21. The Morgan fingerprint density at radius 3 is 2.80 bits per heavy atom. The predicted molar refractivity (Wildman–Crippen MR) is 123 cm³/mol. The number of nitrogens with two attached hydrogens (primary N) is 1. The van der Waals surface area contributed by atoms with E-state index in [-0.39, 0.29) is 6.04 Å². The van der Waals surface area contributed by atoms with Gasteiger partial charge in [0.25, 0.3) is 0 Å². The lowest BCUT2D eigenvalue weighted by Crippen LogP contribution is -2.18. The van der Waals surface area contributed by atoms with Gasteiger partial charge in [0.2, 0.25) is 0 Å². The molecule has 0 saturated heterocycles. The van der Waals surface area contributed by atoms with Crippen LogP contribution in [-0.2, 0) is 0 Å². The molecule has 4 aromatic rings. The minimum absolute atomic E-state index is 0.0722. The van der Waals surface area contributed by atoms with E-state index in [0.717, 1.165) is 29.3 Å². The predicted octanol–water partition coefficient (Wildman–Crippen LogP) is 5.22. The van der Waals surface area contributed by atoms with E-state index in [9.17, 15) is 0 Å². The first-order valence-corrected chi connectivity index (χ1v) is 10.2. The molecule has 0 amide bonds. The number of nitrogens with zero attached hydrogens (tertiary/aromatic N) is 2. The summed E-state index contributed by atoms with van der Waals surface area (Å²) in [5, 5.41) is 13.5. The van der Waals surface area contributed by atoms with Crippen molar-refractivity contribution in [3.8, 4) is 0 Å². The van der Waals surface area contributed by atoms with Crippen LogP contribution in [-0.4, -0.2) is 20.7 Å². The number of H-pyrrole nitrogens is 1. The number of benzene rings is 2. The number of hydrogen-bond donors (Lipinski definition) is 4. The Kier molecular flexibility index (Phi) is 5.48. The zero-order chi connectivity index (χ0) is 21.1. The number of fused-ring (bicyclic) bond motifs is 1. The Balaban J connectivity index is 1.73. The van der Waals surface area contributed by atoms with Gasteiger partial charge < -0.3 is 16.0 Å². The van der Waals surface area contributed by atoms with Gasteiger partial charge in [0, 0.05) is 17.3 Å². The van der Waals surface area contributed by atoms with Crippen molar-refractivity contribution in [2.24, 2.45) is 0 Å². The molecule has 0 aliphatic rings. The molecule has 1 unspecified atom stereocenters. The highest BCUT2D eigenvalue weighted by molar-refractivity contribution is 6.17. The number of aromatic nitrogens is 3. The van der Waals surface area contributed by atoms with Gasteiger partial charge in [0.15, 0.2) is 0 Å². The largest absolute Gasteiger partial charge is 0.383 e. The van der Waals surface area contributed by atoms with Gasteiger partial charge in [-0.1, -0.05) is 49.7 Å². The third-order valence-electron chi connectivity index (χ3n) is 5.42. The number of nitrogens with one attached hydrogen (secondary N) is 3. The summed E-state index contributed by atoms with van der Waals surface area (Å²) in [6.45, 7) is 4.28. The van der Waals surface area contributed by atoms with Crippen molar-refractivity contribution >= 4 is 28.3 Å². The molecule has 4 rings (SSSR count). The Hall–Kier alpha value is -3.67. The highest BCUT2D eigenvalue weighted by atomic mass is 15.1. The molecular weight excluding hydrogens is 372 g/mol. The molecule has 0 aliphatic carbocycles. The molecule has 0 spiro atoms. The van der Waals surface area contributed by atoms with E-state index in [1.807, 2.05) is 36.5 Å². The van der Waals surface area contributed by atoms with E-state index in [1.165, 1.54) is 17.5 Å². The molecule has 6 nitrogen and oxygen atoms in total. The van der Waals surface area contributed by atoms with Crippen LogP contribution in [0.1, 0.15) is 48.1 Å². The second kappa shape index (κ2) is 8.37. The van der Waals surface area contributed by atoms with Crippen LogP contribution in [0.4, 0.5) is 11.6 Å². The molecule has 0 bridgehead atoms. The third kappa shape index (κ3) is 3.76. The minimum Gasteiger partial charge on any atom is -0.383 e. The van der Waals surface area contributed by atoms with Crippen LogP contribution < -0.4 is 11.1 Å². The average molecular weight is 399 g/mol. The van der Waals surface area contributed by atoms with Gasteiger partial charge in [-0.15, -0.1) is 0 Å². The van der Waals surface area contributed by atoms with Crippen molar-refractivity contribution in [3.63, 3.8) is 0 Å². The molecule has 2 aromatic carbocycles. The maximum atomic E-state index is 8.86. The van der Waals surface area contributed by atoms with Crippen molar-refractivity contribution < 1.29 is 0 Å². The van der Waals surface area contributed by atoms with Crippen LogP contribution in [0, 0.1) is 12.3 Å². The minimum atomic E-state index is 0.0722. The van der Waals surface area contributed by atoms with Crippen molar-refractivity contribution in [2.75, 3.05) is 11.1 Å². The summed E-state index contributed by atoms with van der Waals surface area (Å²) in [5.74, 6) is 0.880. The number of aromatic amines is 1. The second-order valence-electron chi connectivity index (χ2n) is 7.48. The standard InChI is InChI=1S/C24H26N6/c1-3-6-19(18-8-5-4-7-15(18)2)30-24-21(23(26)28-14-29-24)22(25)17-10-9-16-11-12-27-20(16)13-17/h4-5,7-14,19,25,27H,3,6H2,1-2H3,(H3,26,28,29,30). The molecule has 2 aromatic heterocycles. The lowest BCUT2D eigenvalue weighted by atomic mass is 9.97. The summed E-state index contributed by atoms with van der Waals surface area (Å²) in [5.41, 5.74) is 11.2. The Bertz CT molecular complexity index is 1190. The number of anilines is 2. The third-order valence-corrected chi connectivity index (χ3v) is 5.42. The molecule has 5 N–H and O–H groups in total. The summed E-state index contributed by atoms with van der Waals surface area (Å²) < 4.78 is 0. The smallest absolute Gasteiger partial charge is 0.141 e. The second-order valence-corrected chi connectivity index (χ2v) is 7.48. The van der Waals surface area contributed by atoms with E-state index in [2.05, 4.69) is 52.3 Å². The Morgan fingerprint density at radius 1 is 1.17 bits per heavy atom. The molecular formula is C24H26N6. The van der Waals surface area contributed by atoms with Crippen molar-refractivity contribution in [1.82, 2.24) is 15.0 Å². The highest BCUT2D eigenvalue weighted by Crippen LogP contribution is 2.30. The lowest BCUT2D eigenvalue weighted by Gasteiger charge is -2.23. The van der Waals surface area contributed by atoms with Crippen LogP contribution in [0.2, 0.25) is 0 Å². The van der Waals surface area contributed by atoms with Gasteiger partial charge in [0.05, 0.1) is 17.3 Å². The summed E-state index contributed by atoms with van der Waals surface area (Å²) in [4.78, 5) is 11.8. The monoisotopic (exact) mass is 398 g/mol. The summed E-state index contributed by atoms with van der Waals surface area (Å²) >= 11 is 0. The first-order chi connectivity index (χ1) is 14.6. The van der Waals surface area contributed by atoms with Gasteiger partial charge in [-0.2, -0.15) is 0 Å². The molecule has 152 valence electrons. The molecule has 2 heterocycles. The van der Waals surface area contributed by atoms with E-state index >= 15 is 0 Å². The van der Waals surface area contributed by atoms with E-state index in [4.69, 9.17) is 11.1 Å². The molecule has 0 radical (unpaired) electrons. The van der Waals surface area contributed by atoms with Crippen LogP contribution in [0.3, 0.4) is 0 Å². The molecule has 1 atom stereocenters. The van der Waals surface area contributed by atoms with Gasteiger partial charge in [-0.25, -0.2) is 9.97 Å². The topological polar surface area (TPSA) is 103 Å². The van der Waals surface area contributed by atoms with Crippen molar-refractivity contribution in [2.45, 2.75) is 32.7 Å². The van der Waals surface area contributed by atoms with Crippen molar-refractivity contribution in [3.05, 3.63) is 83.3 Å². The first-order valence-electron chi connectivity index (χ1n) is 10.2. The number of aryl methyl sites for hydroxylation is 1. The number of rotatable bonds is 7. The molecule has 0 aliphatic heterocycles. The molecule has 0 fully saturated rings. The van der Waals surface area contributed by atoms with Gasteiger partial charge >= 0.3 is 0 Å². The zero-order valence-corrected chi connectivity index (χ0v) is 17.2. The fraction of sp³-hybridized carbons (Fsp3) is 0.208. The molecule has 0 saturated carbocycles. The number of nitrogen functional groups attached to an aromatic ring is 1. The Morgan fingerprint density at radius 2 is 2.00 bits per heavy atom. The maximum Gasteiger partial charge on any atom is 0.141 e. The van der Waals surface area contributed by atoms with Crippen molar-refractivity contribution in [1.29, 1.82) is 5.41 Å². The summed E-state index contributed by atoms with van der Waals surface area (Å²) in [6, 6.07) is 16.3. The fourth-order valence-corrected chi connectivity index (χ4v) is 3.84.